The van der Waals surface area contributed by atoms with Crippen molar-refractivity contribution in [2.45, 2.75) is 96.2 Å². The van der Waals surface area contributed by atoms with E-state index in [1.165, 1.54) is 19.3 Å². The fourth-order valence-electron chi connectivity index (χ4n) is 4.38. The Morgan fingerprint density at radius 1 is 1.25 bits per heavy atom. The molecule has 3 fully saturated rings. The van der Waals surface area contributed by atoms with Gasteiger partial charge in [-0.3, -0.25) is 0 Å². The Morgan fingerprint density at radius 2 is 2.00 bits per heavy atom. The van der Waals surface area contributed by atoms with E-state index in [1.54, 1.807) is 6.08 Å². The largest absolute Gasteiger partial charge is 0.460 e. The van der Waals surface area contributed by atoms with Crippen LogP contribution in [-0.2, 0) is 19.0 Å². The Labute approximate surface area is 145 Å². The molecule has 0 aromatic heterocycles. The Morgan fingerprint density at radius 3 is 2.71 bits per heavy atom. The van der Waals surface area contributed by atoms with Crippen LogP contribution < -0.4 is 0 Å². The van der Waals surface area contributed by atoms with E-state index < -0.39 is 0 Å². The van der Waals surface area contributed by atoms with Gasteiger partial charge in [0.05, 0.1) is 18.3 Å². The molecular weight excluding hydrogens is 304 g/mol. The first-order chi connectivity index (χ1) is 11.5. The van der Waals surface area contributed by atoms with Crippen LogP contribution in [-0.4, -0.2) is 30.1 Å². The fraction of sp³-hybridized carbons (Fsp3) is 0.850. The first-order valence-corrected chi connectivity index (χ1v) is 9.76. The van der Waals surface area contributed by atoms with Crippen LogP contribution in [0.15, 0.2) is 12.2 Å². The maximum Gasteiger partial charge on any atom is 0.330 e. The molecule has 0 N–H and O–H groups in total. The highest BCUT2D eigenvalue weighted by Crippen LogP contribution is 2.47. The van der Waals surface area contributed by atoms with E-state index in [0.29, 0.717) is 11.8 Å². The van der Waals surface area contributed by atoms with Crippen molar-refractivity contribution < 1.29 is 19.0 Å². The van der Waals surface area contributed by atoms with Gasteiger partial charge in [0.1, 0.15) is 0 Å². The third-order valence-electron chi connectivity index (χ3n) is 5.87. The Bertz CT molecular complexity index is 466. The van der Waals surface area contributed by atoms with Gasteiger partial charge in [0.25, 0.3) is 0 Å². The number of rotatable bonds is 4. The normalized spacial score (nSPS) is 36.6. The van der Waals surface area contributed by atoms with Crippen LogP contribution in [0.5, 0.6) is 0 Å². The van der Waals surface area contributed by atoms with E-state index in [1.807, 2.05) is 19.9 Å². The molecule has 24 heavy (non-hydrogen) atoms. The van der Waals surface area contributed by atoms with Crippen molar-refractivity contribution in [1.29, 1.82) is 0 Å². The number of esters is 1. The second-order valence-electron chi connectivity index (χ2n) is 7.93. The minimum atomic E-state index is -0.310. The summed E-state index contributed by atoms with van der Waals surface area (Å²) in [4.78, 5) is 11.8. The van der Waals surface area contributed by atoms with Gasteiger partial charge in [-0.2, -0.15) is 0 Å². The minimum Gasteiger partial charge on any atom is -0.460 e. The highest BCUT2D eigenvalue weighted by molar-refractivity contribution is 5.82. The lowest BCUT2D eigenvalue weighted by atomic mass is 9.78. The van der Waals surface area contributed by atoms with E-state index >= 15 is 0 Å². The third kappa shape index (κ3) is 4.02. The molecule has 4 heteroatoms. The molecule has 5 atom stereocenters. The lowest BCUT2D eigenvalue weighted by Crippen LogP contribution is -2.37. The summed E-state index contributed by atoms with van der Waals surface area (Å²) in [6, 6.07) is 0. The molecule has 3 rings (SSSR count). The molecule has 0 aromatic carbocycles. The molecule has 0 unspecified atom stereocenters. The molecule has 0 radical (unpaired) electrons. The number of carbonyl (C=O) groups is 1. The third-order valence-corrected chi connectivity index (χ3v) is 5.87. The smallest absolute Gasteiger partial charge is 0.330 e. The molecule has 2 aliphatic carbocycles. The summed E-state index contributed by atoms with van der Waals surface area (Å²) >= 11 is 0. The summed E-state index contributed by atoms with van der Waals surface area (Å²) in [7, 11) is 0. The first-order valence-electron chi connectivity index (χ1n) is 9.76. The van der Waals surface area contributed by atoms with Crippen molar-refractivity contribution in [3.05, 3.63) is 12.2 Å². The summed E-state index contributed by atoms with van der Waals surface area (Å²) in [5.41, 5.74) is 0. The number of ether oxygens (including phenoxy) is 3. The predicted octanol–water partition coefficient (Wildman–Crippen LogP) is 4.37. The van der Waals surface area contributed by atoms with Crippen LogP contribution in [0.4, 0.5) is 0 Å². The summed E-state index contributed by atoms with van der Waals surface area (Å²) in [5.74, 6) is 0.292. The number of fused-ring (bicyclic) bond motifs is 1. The van der Waals surface area contributed by atoms with Gasteiger partial charge in [-0.15, -0.1) is 0 Å². The van der Waals surface area contributed by atoms with Crippen molar-refractivity contribution in [3.63, 3.8) is 0 Å². The van der Waals surface area contributed by atoms with E-state index in [-0.39, 0.29) is 30.1 Å². The number of hydrogen-bond acceptors (Lipinski definition) is 4. The van der Waals surface area contributed by atoms with Crippen LogP contribution in [0.3, 0.4) is 0 Å². The first kappa shape index (κ1) is 17.9. The second kappa shape index (κ2) is 7.57. The van der Waals surface area contributed by atoms with E-state index in [2.05, 4.69) is 6.92 Å². The minimum absolute atomic E-state index is 0.0189. The summed E-state index contributed by atoms with van der Waals surface area (Å²) in [6.07, 6.45) is 12.6. The maximum absolute atomic E-state index is 11.8. The number of carbonyl (C=O) groups excluding carboxylic acids is 1. The molecule has 4 nitrogen and oxygen atoms in total. The van der Waals surface area contributed by atoms with Crippen LogP contribution in [0.2, 0.25) is 0 Å². The SMILES string of the molecule is CC[C@@H](C)OC(=O)/C=C/[C@H]1C[C@@H](C)[C@@H]2OC3(CCCCC3)O[C@@H]2C1. The topological polar surface area (TPSA) is 44.8 Å². The predicted molar refractivity (Wildman–Crippen MR) is 92.4 cm³/mol. The van der Waals surface area contributed by atoms with Gasteiger partial charge in [0.15, 0.2) is 5.79 Å². The fourth-order valence-corrected chi connectivity index (χ4v) is 4.38. The zero-order valence-corrected chi connectivity index (χ0v) is 15.3. The molecule has 1 heterocycles. The zero-order valence-electron chi connectivity index (χ0n) is 15.3. The van der Waals surface area contributed by atoms with Crippen molar-refractivity contribution in [2.24, 2.45) is 11.8 Å². The molecule has 3 aliphatic rings. The van der Waals surface area contributed by atoms with E-state index in [4.69, 9.17) is 14.2 Å². The maximum atomic E-state index is 11.8. The molecule has 1 aliphatic heterocycles. The van der Waals surface area contributed by atoms with Gasteiger partial charge in [-0.1, -0.05) is 26.3 Å². The van der Waals surface area contributed by atoms with Crippen molar-refractivity contribution in [2.75, 3.05) is 0 Å². The van der Waals surface area contributed by atoms with Gasteiger partial charge in [-0.05, 0) is 50.9 Å². The van der Waals surface area contributed by atoms with E-state index in [9.17, 15) is 4.79 Å². The van der Waals surface area contributed by atoms with Gasteiger partial charge in [0.2, 0.25) is 0 Å². The van der Waals surface area contributed by atoms with Crippen molar-refractivity contribution in [1.82, 2.24) is 0 Å². The van der Waals surface area contributed by atoms with Crippen molar-refractivity contribution >= 4 is 5.97 Å². The molecule has 0 amide bonds. The van der Waals surface area contributed by atoms with Gasteiger partial charge in [0, 0.05) is 18.9 Å². The Hall–Kier alpha value is -0.870. The zero-order chi connectivity index (χ0) is 17.2. The number of allylic oxidation sites excluding steroid dienone is 1. The van der Waals surface area contributed by atoms with Crippen molar-refractivity contribution in [3.8, 4) is 0 Å². The monoisotopic (exact) mass is 336 g/mol. The molecule has 1 saturated heterocycles. The second-order valence-corrected chi connectivity index (χ2v) is 7.93. The molecule has 1 spiro atoms. The van der Waals surface area contributed by atoms with Crippen LogP contribution in [0.1, 0.15) is 72.1 Å². The molecule has 0 bridgehead atoms. The lowest BCUT2D eigenvalue weighted by Gasteiger charge is -2.33. The Kier molecular flexibility index (Phi) is 5.66. The van der Waals surface area contributed by atoms with Gasteiger partial charge in [-0.25, -0.2) is 4.79 Å². The summed E-state index contributed by atoms with van der Waals surface area (Å²) < 4.78 is 18.1. The molecule has 0 aromatic rings. The average molecular weight is 336 g/mol. The average Bonchev–Trinajstić information content (AvgIpc) is 2.91. The van der Waals surface area contributed by atoms with Crippen LogP contribution >= 0.6 is 0 Å². The van der Waals surface area contributed by atoms with E-state index in [0.717, 1.165) is 32.1 Å². The van der Waals surface area contributed by atoms with Crippen LogP contribution in [0, 0.1) is 11.8 Å². The molecular formula is C20H32O4. The highest BCUT2D eigenvalue weighted by atomic mass is 16.8. The van der Waals surface area contributed by atoms with Gasteiger partial charge >= 0.3 is 5.97 Å². The quantitative estimate of drug-likeness (QED) is 0.565. The van der Waals surface area contributed by atoms with Crippen LogP contribution in [0.25, 0.3) is 0 Å². The molecule has 136 valence electrons. The van der Waals surface area contributed by atoms with Gasteiger partial charge < -0.3 is 14.2 Å². The Balaban J connectivity index is 1.57. The summed E-state index contributed by atoms with van der Waals surface area (Å²) in [5, 5.41) is 0. The summed E-state index contributed by atoms with van der Waals surface area (Å²) in [6.45, 7) is 6.19. The standard InChI is InChI=1S/C20H32O4/c1-4-15(3)22-18(21)9-8-16-12-14(2)19-17(13-16)23-20(24-19)10-6-5-7-11-20/h8-9,14-17,19H,4-7,10-13H2,1-3H3/b9-8+/t14-,15-,16+,17-,19+/m1/s1. The lowest BCUT2D eigenvalue weighted by molar-refractivity contribution is -0.195. The molecule has 2 saturated carbocycles. The number of hydrogen-bond donors (Lipinski definition) is 0. The highest BCUT2D eigenvalue weighted by Gasteiger charge is 2.51.